The van der Waals surface area contributed by atoms with Crippen LogP contribution in [0.25, 0.3) is 6.08 Å². The van der Waals surface area contributed by atoms with Crippen molar-refractivity contribution in [3.63, 3.8) is 0 Å². The molecular weight excluding hydrogens is 312 g/mol. The van der Waals surface area contributed by atoms with Crippen LogP contribution in [0.1, 0.15) is 54.7 Å². The van der Waals surface area contributed by atoms with Gasteiger partial charge in [0.25, 0.3) is 5.91 Å². The lowest BCUT2D eigenvalue weighted by Gasteiger charge is -2.22. The Morgan fingerprint density at radius 2 is 2.05 bits per heavy atom. The van der Waals surface area contributed by atoms with Gasteiger partial charge in [-0.15, -0.1) is 0 Å². The van der Waals surface area contributed by atoms with E-state index in [0.29, 0.717) is 20.7 Å². The molecule has 2 aliphatic rings. The van der Waals surface area contributed by atoms with Crippen molar-refractivity contribution in [1.82, 2.24) is 5.32 Å². The number of thioether (sulfide) groups is 1. The van der Waals surface area contributed by atoms with E-state index in [9.17, 15) is 10.1 Å². The number of hydrogen-bond donors (Lipinski definition) is 1. The summed E-state index contributed by atoms with van der Waals surface area (Å²) in [5.41, 5.74) is 2.78. The Hall–Kier alpha value is -1.64. The minimum atomic E-state index is -0.156. The maximum atomic E-state index is 11.8. The molecule has 1 aliphatic carbocycles. The molecule has 112 valence electrons. The van der Waals surface area contributed by atoms with Crippen molar-refractivity contribution in [3.05, 3.63) is 39.8 Å². The van der Waals surface area contributed by atoms with Crippen LogP contribution in [-0.4, -0.2) is 10.2 Å². The highest BCUT2D eigenvalue weighted by molar-refractivity contribution is 8.26. The smallest absolute Gasteiger partial charge is 0.263 e. The Kier molecular flexibility index (Phi) is 4.60. The van der Waals surface area contributed by atoms with Gasteiger partial charge in [-0.25, -0.2) is 0 Å². The molecule has 1 heterocycles. The summed E-state index contributed by atoms with van der Waals surface area (Å²) in [6.45, 7) is 0. The van der Waals surface area contributed by atoms with E-state index in [4.69, 9.17) is 12.2 Å². The van der Waals surface area contributed by atoms with Crippen molar-refractivity contribution in [1.29, 1.82) is 5.26 Å². The first-order chi connectivity index (χ1) is 10.7. The molecule has 1 N–H and O–H groups in total. The topological polar surface area (TPSA) is 52.9 Å². The van der Waals surface area contributed by atoms with Gasteiger partial charge in [-0.3, -0.25) is 4.79 Å². The number of carbonyl (C=O) groups excluding carboxylic acids is 1. The Morgan fingerprint density at radius 3 is 2.68 bits per heavy atom. The van der Waals surface area contributed by atoms with Crippen molar-refractivity contribution >= 4 is 40.3 Å². The average molecular weight is 328 g/mol. The van der Waals surface area contributed by atoms with E-state index >= 15 is 0 Å². The quantitative estimate of drug-likeness (QED) is 0.656. The Balaban J connectivity index is 1.94. The number of amides is 1. The van der Waals surface area contributed by atoms with E-state index < -0.39 is 0 Å². The summed E-state index contributed by atoms with van der Waals surface area (Å²) < 4.78 is 0.486. The van der Waals surface area contributed by atoms with Crippen molar-refractivity contribution in [3.8, 4) is 6.07 Å². The van der Waals surface area contributed by atoms with Gasteiger partial charge in [0.05, 0.1) is 16.5 Å². The fourth-order valence-electron chi connectivity index (χ4n) is 3.07. The Bertz CT molecular complexity index is 697. The van der Waals surface area contributed by atoms with Crippen LogP contribution in [0.15, 0.2) is 23.1 Å². The summed E-state index contributed by atoms with van der Waals surface area (Å²) in [7, 11) is 0. The van der Waals surface area contributed by atoms with E-state index in [0.717, 1.165) is 5.56 Å². The first-order valence-electron chi connectivity index (χ1n) is 7.45. The van der Waals surface area contributed by atoms with E-state index in [1.54, 1.807) is 0 Å². The number of nitrogens with one attached hydrogen (secondary N) is 1. The van der Waals surface area contributed by atoms with Gasteiger partial charge in [-0.2, -0.15) is 5.26 Å². The lowest BCUT2D eigenvalue weighted by atomic mass is 9.83. The van der Waals surface area contributed by atoms with Gasteiger partial charge in [0, 0.05) is 0 Å². The zero-order chi connectivity index (χ0) is 15.5. The molecule has 1 saturated heterocycles. The molecule has 1 aromatic rings. The molecule has 0 aromatic heterocycles. The summed E-state index contributed by atoms with van der Waals surface area (Å²) in [6.07, 6.45) is 8.01. The zero-order valence-corrected chi connectivity index (χ0v) is 13.7. The van der Waals surface area contributed by atoms with E-state index in [-0.39, 0.29) is 5.91 Å². The number of rotatable bonds is 2. The number of benzene rings is 1. The molecule has 1 aliphatic heterocycles. The molecular formula is C17H16N2OS2. The van der Waals surface area contributed by atoms with Crippen LogP contribution >= 0.6 is 24.0 Å². The van der Waals surface area contributed by atoms with Gasteiger partial charge in [0.2, 0.25) is 0 Å². The predicted molar refractivity (Wildman–Crippen MR) is 93.3 cm³/mol. The second-order valence-corrected chi connectivity index (χ2v) is 7.41. The monoisotopic (exact) mass is 328 g/mol. The third-order valence-electron chi connectivity index (χ3n) is 4.12. The molecule has 0 bridgehead atoms. The number of carbonyl (C=O) groups is 1. The third-order valence-corrected chi connectivity index (χ3v) is 5.29. The molecule has 3 nitrogen and oxygen atoms in total. The van der Waals surface area contributed by atoms with Gasteiger partial charge in [-0.1, -0.05) is 49.3 Å². The average Bonchev–Trinajstić information content (AvgIpc) is 2.85. The fourth-order valence-corrected chi connectivity index (χ4v) is 4.11. The van der Waals surface area contributed by atoms with Crippen molar-refractivity contribution < 1.29 is 4.79 Å². The SMILES string of the molecule is N#Cc1cc(C=C2SC(=S)NC2=O)cc(C2CCCCC2)c1. The molecule has 0 spiro atoms. The summed E-state index contributed by atoms with van der Waals surface area (Å²) >= 11 is 6.28. The number of hydrogen-bond acceptors (Lipinski definition) is 4. The summed E-state index contributed by atoms with van der Waals surface area (Å²) in [6, 6.07) is 8.16. The first-order valence-corrected chi connectivity index (χ1v) is 8.68. The largest absolute Gasteiger partial charge is 0.307 e. The maximum Gasteiger partial charge on any atom is 0.263 e. The highest BCUT2D eigenvalue weighted by Crippen LogP contribution is 2.34. The predicted octanol–water partition coefficient (Wildman–Crippen LogP) is 4.09. The van der Waals surface area contributed by atoms with Gasteiger partial charge in [0.1, 0.15) is 4.32 Å². The Labute approximate surface area is 139 Å². The maximum absolute atomic E-state index is 11.8. The van der Waals surface area contributed by atoms with Gasteiger partial charge in [-0.05, 0) is 48.1 Å². The summed E-state index contributed by atoms with van der Waals surface area (Å²) in [4.78, 5) is 12.4. The first kappa shape index (κ1) is 15.3. The third kappa shape index (κ3) is 3.40. The van der Waals surface area contributed by atoms with Crippen LogP contribution < -0.4 is 5.32 Å². The number of thiocarbonyl (C=S) groups is 1. The molecule has 0 unspecified atom stereocenters. The highest BCUT2D eigenvalue weighted by atomic mass is 32.2. The van der Waals surface area contributed by atoms with Crippen LogP contribution in [0, 0.1) is 11.3 Å². The molecule has 0 atom stereocenters. The molecule has 0 radical (unpaired) electrons. The van der Waals surface area contributed by atoms with E-state index in [2.05, 4.69) is 17.5 Å². The van der Waals surface area contributed by atoms with Crippen LogP contribution in [-0.2, 0) is 4.79 Å². The lowest BCUT2D eigenvalue weighted by Crippen LogP contribution is -2.17. The molecule has 1 saturated carbocycles. The van der Waals surface area contributed by atoms with Crippen LogP contribution in [0.2, 0.25) is 0 Å². The van der Waals surface area contributed by atoms with Crippen LogP contribution in [0.5, 0.6) is 0 Å². The summed E-state index contributed by atoms with van der Waals surface area (Å²) in [5, 5.41) is 11.9. The van der Waals surface area contributed by atoms with E-state index in [1.165, 1.54) is 49.4 Å². The van der Waals surface area contributed by atoms with Gasteiger partial charge in [0.15, 0.2) is 0 Å². The normalized spacial score (nSPS) is 21.0. The molecule has 1 aromatic carbocycles. The number of nitrogens with zero attached hydrogens (tertiary/aromatic N) is 1. The fraction of sp³-hybridized carbons (Fsp3) is 0.353. The second kappa shape index (κ2) is 6.64. The van der Waals surface area contributed by atoms with Crippen LogP contribution in [0.3, 0.4) is 0 Å². The van der Waals surface area contributed by atoms with Gasteiger partial charge >= 0.3 is 0 Å². The second-order valence-electron chi connectivity index (χ2n) is 5.69. The molecule has 2 fully saturated rings. The number of nitriles is 1. The minimum Gasteiger partial charge on any atom is -0.307 e. The molecule has 22 heavy (non-hydrogen) atoms. The highest BCUT2D eigenvalue weighted by Gasteiger charge is 2.22. The molecule has 5 heteroatoms. The van der Waals surface area contributed by atoms with Crippen molar-refractivity contribution in [2.45, 2.75) is 38.0 Å². The minimum absolute atomic E-state index is 0.156. The summed E-state index contributed by atoms with van der Waals surface area (Å²) in [5.74, 6) is 0.377. The zero-order valence-electron chi connectivity index (χ0n) is 12.1. The standard InChI is InChI=1S/C17H16N2OS2/c18-10-12-6-11(9-15-16(20)19-17(21)22-15)7-14(8-12)13-4-2-1-3-5-13/h6-9,13H,1-5H2,(H,19,20,21). The van der Waals surface area contributed by atoms with Crippen LogP contribution in [0.4, 0.5) is 0 Å². The Morgan fingerprint density at radius 1 is 1.27 bits per heavy atom. The van der Waals surface area contributed by atoms with Crippen molar-refractivity contribution in [2.24, 2.45) is 0 Å². The van der Waals surface area contributed by atoms with E-state index in [1.807, 2.05) is 18.2 Å². The molecule has 1 amide bonds. The lowest BCUT2D eigenvalue weighted by molar-refractivity contribution is -0.115. The molecule has 3 rings (SSSR count). The van der Waals surface area contributed by atoms with Gasteiger partial charge < -0.3 is 5.32 Å². The van der Waals surface area contributed by atoms with Crippen molar-refractivity contribution in [2.75, 3.05) is 0 Å².